The Morgan fingerprint density at radius 1 is 1.28 bits per heavy atom. The maximum atomic E-state index is 12.5. The highest BCUT2D eigenvalue weighted by molar-refractivity contribution is 5.49. The maximum Gasteiger partial charge on any atom is 0.416 e. The molecular weight excluding hydrogens is 241 g/mol. The lowest BCUT2D eigenvalue weighted by Crippen LogP contribution is -2.51. The number of anilines is 1. The minimum atomic E-state index is -4.26. The molecule has 5 heteroatoms. The van der Waals surface area contributed by atoms with E-state index in [0.717, 1.165) is 43.9 Å². The molecule has 0 aromatic heterocycles. The highest BCUT2D eigenvalue weighted by atomic mass is 19.4. The van der Waals surface area contributed by atoms with Crippen molar-refractivity contribution in [2.45, 2.75) is 25.6 Å². The van der Waals surface area contributed by atoms with Gasteiger partial charge in [0, 0.05) is 31.4 Å². The van der Waals surface area contributed by atoms with Crippen LogP contribution in [0.3, 0.4) is 0 Å². The van der Waals surface area contributed by atoms with E-state index >= 15 is 0 Å². The second-order valence-corrected chi connectivity index (χ2v) is 4.50. The summed E-state index contributed by atoms with van der Waals surface area (Å²) in [5, 5.41) is 3.30. The smallest absolute Gasteiger partial charge is 0.366 e. The Balaban J connectivity index is 2.18. The van der Waals surface area contributed by atoms with Gasteiger partial charge in [-0.15, -0.1) is 0 Å². The third-order valence-electron chi connectivity index (χ3n) is 3.35. The molecule has 0 radical (unpaired) electrons. The number of piperazine rings is 1. The topological polar surface area (TPSA) is 15.3 Å². The van der Waals surface area contributed by atoms with Crippen LogP contribution in [-0.4, -0.2) is 25.7 Å². The predicted molar refractivity (Wildman–Crippen MR) is 65.7 cm³/mol. The Kier molecular flexibility index (Phi) is 3.80. The minimum absolute atomic E-state index is 0.357. The zero-order valence-electron chi connectivity index (χ0n) is 10.3. The van der Waals surface area contributed by atoms with Gasteiger partial charge in [0.1, 0.15) is 0 Å². The van der Waals surface area contributed by atoms with Gasteiger partial charge in [0.15, 0.2) is 0 Å². The normalized spacial score (nSPS) is 21.1. The van der Waals surface area contributed by atoms with Gasteiger partial charge in [0.05, 0.1) is 5.56 Å². The second-order valence-electron chi connectivity index (χ2n) is 4.50. The molecule has 1 aromatic carbocycles. The summed E-state index contributed by atoms with van der Waals surface area (Å²) in [5.41, 5.74) is 0.283. The number of rotatable bonds is 2. The lowest BCUT2D eigenvalue weighted by Gasteiger charge is -2.37. The van der Waals surface area contributed by atoms with E-state index in [1.165, 1.54) is 0 Å². The van der Waals surface area contributed by atoms with Crippen LogP contribution in [0, 0.1) is 0 Å². The minimum Gasteiger partial charge on any atom is -0.366 e. The predicted octanol–water partition coefficient (Wildman–Crippen LogP) is 2.89. The summed E-state index contributed by atoms with van der Waals surface area (Å²) in [6.45, 7) is 4.69. The van der Waals surface area contributed by atoms with Crippen molar-refractivity contribution in [3.8, 4) is 0 Å². The summed E-state index contributed by atoms with van der Waals surface area (Å²) >= 11 is 0. The Hall–Kier alpha value is -1.23. The molecule has 1 unspecified atom stereocenters. The van der Waals surface area contributed by atoms with Gasteiger partial charge < -0.3 is 10.2 Å². The van der Waals surface area contributed by atoms with Gasteiger partial charge in [-0.25, -0.2) is 0 Å². The molecule has 1 fully saturated rings. The Morgan fingerprint density at radius 3 is 2.50 bits per heavy atom. The fraction of sp³-hybridized carbons (Fsp3) is 0.538. The second kappa shape index (κ2) is 5.18. The van der Waals surface area contributed by atoms with Crippen molar-refractivity contribution in [1.29, 1.82) is 0 Å². The van der Waals surface area contributed by atoms with E-state index in [1.54, 1.807) is 12.1 Å². The number of hydrogen-bond acceptors (Lipinski definition) is 2. The molecule has 18 heavy (non-hydrogen) atoms. The highest BCUT2D eigenvalue weighted by Gasteiger charge is 2.30. The fourth-order valence-electron chi connectivity index (χ4n) is 2.31. The first-order valence-electron chi connectivity index (χ1n) is 6.17. The summed E-state index contributed by atoms with van der Waals surface area (Å²) in [6, 6.07) is 5.80. The lowest BCUT2D eigenvalue weighted by molar-refractivity contribution is -0.137. The van der Waals surface area contributed by atoms with Crippen LogP contribution in [0.1, 0.15) is 18.9 Å². The fourth-order valence-corrected chi connectivity index (χ4v) is 2.31. The Bertz CT molecular complexity index is 386. The Labute approximate surface area is 105 Å². The quantitative estimate of drug-likeness (QED) is 0.877. The van der Waals surface area contributed by atoms with Crippen molar-refractivity contribution < 1.29 is 13.2 Å². The monoisotopic (exact) mass is 258 g/mol. The van der Waals surface area contributed by atoms with Gasteiger partial charge in [0.25, 0.3) is 0 Å². The van der Waals surface area contributed by atoms with E-state index in [0.29, 0.717) is 6.04 Å². The van der Waals surface area contributed by atoms with Crippen LogP contribution in [0.15, 0.2) is 24.3 Å². The van der Waals surface area contributed by atoms with Gasteiger partial charge in [-0.3, -0.25) is 0 Å². The standard InChI is InChI=1S/C13H17F3N2/c1-2-11-9-17-7-8-18(11)12-5-3-10(4-6-12)13(14,15)16/h3-6,11,17H,2,7-9H2,1H3. The van der Waals surface area contributed by atoms with Crippen molar-refractivity contribution in [2.24, 2.45) is 0 Å². The zero-order valence-corrected chi connectivity index (χ0v) is 10.3. The van der Waals surface area contributed by atoms with Crippen molar-refractivity contribution in [3.63, 3.8) is 0 Å². The van der Waals surface area contributed by atoms with Gasteiger partial charge >= 0.3 is 6.18 Å². The third kappa shape index (κ3) is 2.77. The van der Waals surface area contributed by atoms with Crippen LogP contribution in [0.2, 0.25) is 0 Å². The summed E-state index contributed by atoms with van der Waals surface area (Å²) in [5.74, 6) is 0. The number of halogens is 3. The molecule has 0 aliphatic carbocycles. The van der Waals surface area contributed by atoms with E-state index in [2.05, 4.69) is 17.1 Å². The van der Waals surface area contributed by atoms with E-state index in [1.807, 2.05) is 0 Å². The Morgan fingerprint density at radius 2 is 1.94 bits per heavy atom. The lowest BCUT2D eigenvalue weighted by atomic mass is 10.1. The van der Waals surface area contributed by atoms with Crippen LogP contribution in [-0.2, 0) is 6.18 Å². The molecule has 1 atom stereocenters. The van der Waals surface area contributed by atoms with Crippen LogP contribution in [0.25, 0.3) is 0 Å². The summed E-state index contributed by atoms with van der Waals surface area (Å²) in [4.78, 5) is 2.18. The van der Waals surface area contributed by atoms with E-state index < -0.39 is 11.7 Å². The first kappa shape index (κ1) is 13.2. The van der Waals surface area contributed by atoms with Crippen molar-refractivity contribution in [1.82, 2.24) is 5.32 Å². The van der Waals surface area contributed by atoms with Crippen LogP contribution in [0.5, 0.6) is 0 Å². The summed E-state index contributed by atoms with van der Waals surface area (Å²) in [6.07, 6.45) is -3.28. The number of benzene rings is 1. The molecule has 0 saturated carbocycles. The average Bonchev–Trinajstić information content (AvgIpc) is 2.38. The third-order valence-corrected chi connectivity index (χ3v) is 3.35. The van der Waals surface area contributed by atoms with E-state index in [4.69, 9.17) is 0 Å². The van der Waals surface area contributed by atoms with Crippen LogP contribution >= 0.6 is 0 Å². The van der Waals surface area contributed by atoms with E-state index in [9.17, 15) is 13.2 Å². The molecule has 2 rings (SSSR count). The molecule has 1 aromatic rings. The van der Waals surface area contributed by atoms with Crippen molar-refractivity contribution in [3.05, 3.63) is 29.8 Å². The molecule has 2 nitrogen and oxygen atoms in total. The molecule has 1 aliphatic rings. The molecule has 0 bridgehead atoms. The summed E-state index contributed by atoms with van der Waals surface area (Å²) < 4.78 is 37.4. The molecule has 1 aliphatic heterocycles. The van der Waals surface area contributed by atoms with Gasteiger partial charge in [0.2, 0.25) is 0 Å². The molecule has 100 valence electrons. The molecule has 0 spiro atoms. The van der Waals surface area contributed by atoms with Gasteiger partial charge in [-0.05, 0) is 30.7 Å². The number of nitrogens with one attached hydrogen (secondary N) is 1. The first-order valence-corrected chi connectivity index (χ1v) is 6.17. The number of hydrogen-bond donors (Lipinski definition) is 1. The van der Waals surface area contributed by atoms with Gasteiger partial charge in [-0.2, -0.15) is 13.2 Å². The van der Waals surface area contributed by atoms with Gasteiger partial charge in [-0.1, -0.05) is 6.92 Å². The maximum absolute atomic E-state index is 12.5. The molecule has 1 heterocycles. The van der Waals surface area contributed by atoms with Crippen molar-refractivity contribution >= 4 is 5.69 Å². The molecule has 1 saturated heterocycles. The van der Waals surface area contributed by atoms with Crippen LogP contribution < -0.4 is 10.2 Å². The zero-order chi connectivity index (χ0) is 13.2. The SMILES string of the molecule is CCC1CNCCN1c1ccc(C(F)(F)F)cc1. The largest absolute Gasteiger partial charge is 0.416 e. The molecular formula is C13H17F3N2. The number of alkyl halides is 3. The van der Waals surface area contributed by atoms with Crippen LogP contribution in [0.4, 0.5) is 18.9 Å². The summed E-state index contributed by atoms with van der Waals surface area (Å²) in [7, 11) is 0. The highest BCUT2D eigenvalue weighted by Crippen LogP contribution is 2.31. The number of nitrogens with zero attached hydrogens (tertiary/aromatic N) is 1. The molecule has 1 N–H and O–H groups in total. The van der Waals surface area contributed by atoms with E-state index in [-0.39, 0.29) is 0 Å². The molecule has 0 amide bonds. The van der Waals surface area contributed by atoms with Crippen molar-refractivity contribution in [2.75, 3.05) is 24.5 Å². The first-order chi connectivity index (χ1) is 8.52. The average molecular weight is 258 g/mol.